The largest absolute Gasteiger partial charge is 0.343 e. The first-order valence-corrected chi connectivity index (χ1v) is 6.43. The average Bonchev–Trinajstić information content (AvgIpc) is 2.95. The van der Waals surface area contributed by atoms with Gasteiger partial charge in [0.15, 0.2) is 0 Å². The van der Waals surface area contributed by atoms with Crippen LogP contribution in [0.25, 0.3) is 0 Å². The maximum Gasteiger partial charge on any atom is 0.242 e. The summed E-state index contributed by atoms with van der Waals surface area (Å²) in [4.78, 5) is 13.7. The Labute approximate surface area is 90.4 Å². The summed E-state index contributed by atoms with van der Waals surface area (Å²) in [7, 11) is 1.84. The fraction of sp³-hybridized carbons (Fsp3) is 0.900. The monoisotopic (exact) mass is 216 g/mol. The molecule has 0 aromatic heterocycles. The molecule has 1 saturated carbocycles. The van der Waals surface area contributed by atoms with Crippen LogP contribution in [0.1, 0.15) is 19.8 Å². The van der Waals surface area contributed by atoms with Gasteiger partial charge in [0.05, 0.1) is 5.54 Å². The molecule has 0 radical (unpaired) electrons. The quantitative estimate of drug-likeness (QED) is 0.744. The van der Waals surface area contributed by atoms with E-state index < -0.39 is 5.54 Å². The van der Waals surface area contributed by atoms with Gasteiger partial charge >= 0.3 is 0 Å². The lowest BCUT2D eigenvalue weighted by molar-refractivity contribution is -0.135. The molecule has 1 amide bonds. The molecule has 0 bridgehead atoms. The first-order chi connectivity index (χ1) is 6.50. The van der Waals surface area contributed by atoms with Crippen LogP contribution in [0.15, 0.2) is 0 Å². The van der Waals surface area contributed by atoms with Gasteiger partial charge in [-0.1, -0.05) is 0 Å². The number of nitrogens with zero attached hydrogens (tertiary/aromatic N) is 1. The van der Waals surface area contributed by atoms with Crippen molar-refractivity contribution >= 4 is 17.7 Å². The Morgan fingerprint density at radius 1 is 1.64 bits per heavy atom. The first kappa shape index (κ1) is 11.9. The van der Waals surface area contributed by atoms with Gasteiger partial charge in [0.25, 0.3) is 0 Å². The van der Waals surface area contributed by atoms with Gasteiger partial charge in [0.1, 0.15) is 0 Å². The third kappa shape index (κ3) is 2.64. The predicted molar refractivity (Wildman–Crippen MR) is 61.3 cm³/mol. The van der Waals surface area contributed by atoms with Crippen molar-refractivity contribution in [2.75, 3.05) is 25.6 Å². The Kier molecular flexibility index (Phi) is 3.84. The smallest absolute Gasteiger partial charge is 0.242 e. The minimum Gasteiger partial charge on any atom is -0.343 e. The molecule has 0 aliphatic heterocycles. The second-order valence-electron chi connectivity index (χ2n) is 4.28. The van der Waals surface area contributed by atoms with Gasteiger partial charge in [-0.15, -0.1) is 0 Å². The van der Waals surface area contributed by atoms with Gasteiger partial charge in [0, 0.05) is 19.3 Å². The Balaban J connectivity index is 2.45. The number of rotatable bonds is 5. The van der Waals surface area contributed by atoms with Crippen LogP contribution in [-0.4, -0.2) is 41.9 Å². The molecule has 2 N–H and O–H groups in total. The molecular formula is C10H20N2OS. The maximum atomic E-state index is 11.9. The van der Waals surface area contributed by atoms with Crippen LogP contribution in [-0.2, 0) is 4.79 Å². The first-order valence-electron chi connectivity index (χ1n) is 5.03. The third-order valence-electron chi connectivity index (χ3n) is 2.86. The average molecular weight is 216 g/mol. The van der Waals surface area contributed by atoms with E-state index in [4.69, 9.17) is 5.73 Å². The maximum absolute atomic E-state index is 11.9. The fourth-order valence-electron chi connectivity index (χ4n) is 1.60. The standard InChI is InChI=1S/C10H20N2OS/c1-10(11,8-4-5-8)9(13)12(2)6-7-14-3/h8H,4-7,11H2,1-3H3. The lowest BCUT2D eigenvalue weighted by Crippen LogP contribution is -2.54. The molecule has 1 aliphatic carbocycles. The molecule has 1 unspecified atom stereocenters. The molecule has 1 fully saturated rings. The number of amides is 1. The normalized spacial score (nSPS) is 20.3. The summed E-state index contributed by atoms with van der Waals surface area (Å²) >= 11 is 1.75. The number of hydrogen-bond donors (Lipinski definition) is 1. The molecular weight excluding hydrogens is 196 g/mol. The van der Waals surface area contributed by atoms with E-state index in [0.717, 1.165) is 25.1 Å². The highest BCUT2D eigenvalue weighted by atomic mass is 32.2. The van der Waals surface area contributed by atoms with Crippen molar-refractivity contribution in [3.63, 3.8) is 0 Å². The zero-order valence-electron chi connectivity index (χ0n) is 9.25. The van der Waals surface area contributed by atoms with Crippen LogP contribution >= 0.6 is 11.8 Å². The predicted octanol–water partition coefficient (Wildman–Crippen LogP) is 0.935. The summed E-state index contributed by atoms with van der Waals surface area (Å²) in [5.74, 6) is 1.48. The molecule has 14 heavy (non-hydrogen) atoms. The summed E-state index contributed by atoms with van der Waals surface area (Å²) in [5, 5.41) is 0. The van der Waals surface area contributed by atoms with Crippen molar-refractivity contribution in [3.05, 3.63) is 0 Å². The molecule has 1 rings (SSSR count). The summed E-state index contributed by atoms with van der Waals surface area (Å²) in [6.45, 7) is 2.65. The van der Waals surface area contributed by atoms with Crippen LogP contribution in [0, 0.1) is 5.92 Å². The zero-order valence-corrected chi connectivity index (χ0v) is 10.1. The number of hydrogen-bond acceptors (Lipinski definition) is 3. The van der Waals surface area contributed by atoms with Crippen LogP contribution < -0.4 is 5.73 Å². The molecule has 0 saturated heterocycles. The third-order valence-corrected chi connectivity index (χ3v) is 3.45. The van der Waals surface area contributed by atoms with Gasteiger partial charge in [-0.3, -0.25) is 4.79 Å². The van der Waals surface area contributed by atoms with Gasteiger partial charge in [-0.2, -0.15) is 11.8 Å². The topological polar surface area (TPSA) is 46.3 Å². The summed E-state index contributed by atoms with van der Waals surface area (Å²) < 4.78 is 0. The number of carbonyl (C=O) groups is 1. The van der Waals surface area contributed by atoms with Gasteiger partial charge in [-0.05, 0) is 31.9 Å². The van der Waals surface area contributed by atoms with E-state index >= 15 is 0 Å². The van der Waals surface area contributed by atoms with E-state index in [1.165, 1.54) is 0 Å². The molecule has 0 heterocycles. The number of carbonyl (C=O) groups excluding carboxylic acids is 1. The second-order valence-corrected chi connectivity index (χ2v) is 5.26. The van der Waals surface area contributed by atoms with E-state index in [9.17, 15) is 4.79 Å². The molecule has 0 spiro atoms. The van der Waals surface area contributed by atoms with Gasteiger partial charge in [0.2, 0.25) is 5.91 Å². The molecule has 0 aromatic carbocycles. The Morgan fingerprint density at radius 2 is 2.21 bits per heavy atom. The summed E-state index contributed by atoms with van der Waals surface area (Å²) in [5.41, 5.74) is 5.41. The van der Waals surface area contributed by atoms with Crippen molar-refractivity contribution in [1.29, 1.82) is 0 Å². The number of likely N-dealkylation sites (N-methyl/N-ethyl adjacent to an activating group) is 1. The lowest BCUT2D eigenvalue weighted by Gasteiger charge is -2.29. The van der Waals surface area contributed by atoms with Crippen LogP contribution in [0.2, 0.25) is 0 Å². The highest BCUT2D eigenvalue weighted by Crippen LogP contribution is 2.38. The molecule has 1 aliphatic rings. The SMILES string of the molecule is CSCCN(C)C(=O)C(C)(N)C1CC1. The Hall–Kier alpha value is -0.220. The number of nitrogens with two attached hydrogens (primary N) is 1. The van der Waals surface area contributed by atoms with E-state index in [2.05, 4.69) is 0 Å². The van der Waals surface area contributed by atoms with Gasteiger partial charge in [-0.25, -0.2) is 0 Å². The van der Waals surface area contributed by atoms with Crippen molar-refractivity contribution < 1.29 is 4.79 Å². The second kappa shape index (κ2) is 4.53. The highest BCUT2D eigenvalue weighted by Gasteiger charge is 2.45. The minimum absolute atomic E-state index is 0.0917. The van der Waals surface area contributed by atoms with Crippen molar-refractivity contribution in [2.24, 2.45) is 11.7 Å². The van der Waals surface area contributed by atoms with Crippen molar-refractivity contribution in [2.45, 2.75) is 25.3 Å². The van der Waals surface area contributed by atoms with Gasteiger partial charge < -0.3 is 10.6 Å². The number of thioether (sulfide) groups is 1. The highest BCUT2D eigenvalue weighted by molar-refractivity contribution is 7.98. The summed E-state index contributed by atoms with van der Waals surface area (Å²) in [6.07, 6.45) is 4.26. The van der Waals surface area contributed by atoms with E-state index in [-0.39, 0.29) is 5.91 Å². The van der Waals surface area contributed by atoms with E-state index in [0.29, 0.717) is 5.92 Å². The zero-order chi connectivity index (χ0) is 10.8. The fourth-order valence-corrected chi connectivity index (χ4v) is 2.06. The molecule has 82 valence electrons. The van der Waals surface area contributed by atoms with E-state index in [1.54, 1.807) is 16.7 Å². The van der Waals surface area contributed by atoms with Crippen molar-refractivity contribution in [3.8, 4) is 0 Å². The van der Waals surface area contributed by atoms with Crippen LogP contribution in [0.5, 0.6) is 0 Å². The Bertz CT molecular complexity index is 214. The molecule has 0 aromatic rings. The molecule has 1 atom stereocenters. The minimum atomic E-state index is -0.632. The van der Waals surface area contributed by atoms with E-state index in [1.807, 2.05) is 20.2 Å². The summed E-state index contributed by atoms with van der Waals surface area (Å²) in [6, 6.07) is 0. The van der Waals surface area contributed by atoms with Crippen LogP contribution in [0.4, 0.5) is 0 Å². The van der Waals surface area contributed by atoms with Crippen LogP contribution in [0.3, 0.4) is 0 Å². The van der Waals surface area contributed by atoms with Crippen molar-refractivity contribution in [1.82, 2.24) is 4.90 Å². The Morgan fingerprint density at radius 3 is 2.64 bits per heavy atom. The molecule has 4 heteroatoms. The lowest BCUT2D eigenvalue weighted by atomic mass is 9.95. The molecule has 3 nitrogen and oxygen atoms in total.